The van der Waals surface area contributed by atoms with Gasteiger partial charge in [-0.1, -0.05) is 17.7 Å². The molecule has 1 aliphatic heterocycles. The summed E-state index contributed by atoms with van der Waals surface area (Å²) in [5.74, 6) is -0.319. The monoisotopic (exact) mass is 227 g/mol. The fourth-order valence-electron chi connectivity index (χ4n) is 2.13. The first kappa shape index (κ1) is 10.9. The molecule has 0 spiro atoms. The summed E-state index contributed by atoms with van der Waals surface area (Å²) in [5.41, 5.74) is 1.02. The van der Waals surface area contributed by atoms with Crippen LogP contribution in [0.15, 0.2) is 18.2 Å². The van der Waals surface area contributed by atoms with E-state index in [1.165, 1.54) is 18.9 Å². The van der Waals surface area contributed by atoms with Gasteiger partial charge in [-0.3, -0.25) is 0 Å². The van der Waals surface area contributed by atoms with Crippen molar-refractivity contribution in [2.75, 3.05) is 0 Å². The van der Waals surface area contributed by atoms with Gasteiger partial charge < -0.3 is 5.32 Å². The molecule has 2 atom stereocenters. The summed E-state index contributed by atoms with van der Waals surface area (Å²) in [6.07, 6.45) is 3.27. The van der Waals surface area contributed by atoms with E-state index < -0.39 is 0 Å². The zero-order valence-corrected chi connectivity index (χ0v) is 9.52. The van der Waals surface area contributed by atoms with Crippen LogP contribution in [-0.2, 0) is 6.42 Å². The molecule has 0 bridgehead atoms. The molecule has 1 aliphatic rings. The minimum absolute atomic E-state index is 0.200. The lowest BCUT2D eigenvalue weighted by molar-refractivity contribution is 0.555. The Morgan fingerprint density at radius 1 is 1.47 bits per heavy atom. The smallest absolute Gasteiger partial charge is 0.142 e. The molecule has 1 aromatic rings. The quantitative estimate of drug-likeness (QED) is 0.819. The van der Waals surface area contributed by atoms with Crippen molar-refractivity contribution in [3.05, 3.63) is 34.6 Å². The Bertz CT molecular complexity index is 353. The highest BCUT2D eigenvalue weighted by atomic mass is 35.5. The summed E-state index contributed by atoms with van der Waals surface area (Å²) < 4.78 is 13.2. The molecule has 0 radical (unpaired) electrons. The zero-order chi connectivity index (χ0) is 10.8. The Labute approximate surface area is 94.6 Å². The maximum atomic E-state index is 13.2. The van der Waals surface area contributed by atoms with Crippen LogP contribution in [0.25, 0.3) is 0 Å². The Balaban J connectivity index is 2.02. The Morgan fingerprint density at radius 3 is 2.87 bits per heavy atom. The summed E-state index contributed by atoms with van der Waals surface area (Å²) in [6.45, 7) is 2.18. The molecule has 3 heteroatoms. The zero-order valence-electron chi connectivity index (χ0n) is 8.76. The molecule has 1 N–H and O–H groups in total. The van der Waals surface area contributed by atoms with Crippen LogP contribution in [-0.4, -0.2) is 12.1 Å². The summed E-state index contributed by atoms with van der Waals surface area (Å²) in [5, 5.41) is 3.68. The fourth-order valence-corrected chi connectivity index (χ4v) is 2.25. The average molecular weight is 228 g/mol. The van der Waals surface area contributed by atoms with Crippen molar-refractivity contribution >= 4 is 11.6 Å². The Hall–Kier alpha value is -0.600. The van der Waals surface area contributed by atoms with Gasteiger partial charge in [0.05, 0.1) is 5.02 Å². The second-order valence-corrected chi connectivity index (χ2v) is 4.70. The third kappa shape index (κ3) is 2.70. The first-order valence-corrected chi connectivity index (χ1v) is 5.73. The van der Waals surface area contributed by atoms with E-state index in [4.69, 9.17) is 11.6 Å². The topological polar surface area (TPSA) is 12.0 Å². The number of halogens is 2. The molecule has 1 saturated heterocycles. The molecule has 1 aromatic carbocycles. The standard InChI is InChI=1S/C12H15ClFN/c1-8-2-4-10(15-8)6-9-3-5-11(13)12(14)7-9/h3,5,7-8,10,15H,2,4,6H2,1H3. The van der Waals surface area contributed by atoms with Crippen LogP contribution in [0, 0.1) is 5.82 Å². The van der Waals surface area contributed by atoms with Crippen molar-refractivity contribution in [2.24, 2.45) is 0 Å². The van der Waals surface area contributed by atoms with Crippen molar-refractivity contribution in [3.63, 3.8) is 0 Å². The van der Waals surface area contributed by atoms with E-state index in [1.54, 1.807) is 6.07 Å². The molecule has 0 aromatic heterocycles. The van der Waals surface area contributed by atoms with Gasteiger partial charge in [-0.15, -0.1) is 0 Å². The van der Waals surface area contributed by atoms with Gasteiger partial charge in [0.2, 0.25) is 0 Å². The second kappa shape index (κ2) is 4.50. The van der Waals surface area contributed by atoms with E-state index in [0.29, 0.717) is 12.1 Å². The molecule has 82 valence electrons. The van der Waals surface area contributed by atoms with Gasteiger partial charge in [-0.2, -0.15) is 0 Å². The number of nitrogens with one attached hydrogen (secondary N) is 1. The minimum Gasteiger partial charge on any atom is -0.311 e. The highest BCUT2D eigenvalue weighted by Gasteiger charge is 2.20. The van der Waals surface area contributed by atoms with Gasteiger partial charge in [0, 0.05) is 12.1 Å². The van der Waals surface area contributed by atoms with Gasteiger partial charge in [0.15, 0.2) is 0 Å². The lowest BCUT2D eigenvalue weighted by Crippen LogP contribution is -2.28. The van der Waals surface area contributed by atoms with Crippen LogP contribution >= 0.6 is 11.6 Å². The van der Waals surface area contributed by atoms with Crippen LogP contribution in [0.4, 0.5) is 4.39 Å². The molecule has 1 nitrogen and oxygen atoms in total. The van der Waals surface area contributed by atoms with Crippen molar-refractivity contribution in [1.82, 2.24) is 5.32 Å². The third-order valence-corrected chi connectivity index (χ3v) is 3.24. The maximum absolute atomic E-state index is 13.2. The largest absolute Gasteiger partial charge is 0.311 e. The van der Waals surface area contributed by atoms with Crippen molar-refractivity contribution in [2.45, 2.75) is 38.3 Å². The van der Waals surface area contributed by atoms with Crippen LogP contribution in [0.1, 0.15) is 25.3 Å². The van der Waals surface area contributed by atoms with E-state index in [0.717, 1.165) is 12.0 Å². The lowest BCUT2D eigenvalue weighted by atomic mass is 10.0. The molecule has 2 unspecified atom stereocenters. The normalized spacial score (nSPS) is 25.8. The molecule has 0 aliphatic carbocycles. The van der Waals surface area contributed by atoms with E-state index >= 15 is 0 Å². The highest BCUT2D eigenvalue weighted by Crippen LogP contribution is 2.20. The molecular weight excluding hydrogens is 213 g/mol. The molecule has 1 heterocycles. The van der Waals surface area contributed by atoms with Gasteiger partial charge in [0.25, 0.3) is 0 Å². The van der Waals surface area contributed by atoms with Gasteiger partial charge in [-0.05, 0) is 43.9 Å². The summed E-state index contributed by atoms with van der Waals surface area (Å²) in [6, 6.07) is 6.14. The predicted molar refractivity (Wildman–Crippen MR) is 60.7 cm³/mol. The molecule has 2 rings (SSSR count). The Morgan fingerprint density at radius 2 is 2.27 bits per heavy atom. The summed E-state index contributed by atoms with van der Waals surface area (Å²) in [7, 11) is 0. The average Bonchev–Trinajstić information content (AvgIpc) is 2.58. The van der Waals surface area contributed by atoms with Gasteiger partial charge >= 0.3 is 0 Å². The summed E-state index contributed by atoms with van der Waals surface area (Å²) in [4.78, 5) is 0. The van der Waals surface area contributed by atoms with Crippen LogP contribution in [0.2, 0.25) is 5.02 Å². The first-order chi connectivity index (χ1) is 7.15. The second-order valence-electron chi connectivity index (χ2n) is 4.29. The molecule has 0 saturated carbocycles. The van der Waals surface area contributed by atoms with E-state index in [2.05, 4.69) is 12.2 Å². The molecular formula is C12H15ClFN. The predicted octanol–water partition coefficient (Wildman–Crippen LogP) is 3.16. The highest BCUT2D eigenvalue weighted by molar-refractivity contribution is 6.30. The number of hydrogen-bond donors (Lipinski definition) is 1. The molecule has 1 fully saturated rings. The van der Waals surface area contributed by atoms with Crippen LogP contribution in [0.3, 0.4) is 0 Å². The number of rotatable bonds is 2. The summed E-state index contributed by atoms with van der Waals surface area (Å²) >= 11 is 5.63. The van der Waals surface area contributed by atoms with Crippen molar-refractivity contribution in [3.8, 4) is 0 Å². The van der Waals surface area contributed by atoms with E-state index in [-0.39, 0.29) is 10.8 Å². The van der Waals surface area contributed by atoms with Crippen LogP contribution < -0.4 is 5.32 Å². The molecule has 15 heavy (non-hydrogen) atoms. The van der Waals surface area contributed by atoms with Gasteiger partial charge in [-0.25, -0.2) is 4.39 Å². The first-order valence-electron chi connectivity index (χ1n) is 5.35. The number of hydrogen-bond acceptors (Lipinski definition) is 1. The van der Waals surface area contributed by atoms with Crippen molar-refractivity contribution in [1.29, 1.82) is 0 Å². The third-order valence-electron chi connectivity index (χ3n) is 2.93. The minimum atomic E-state index is -0.319. The maximum Gasteiger partial charge on any atom is 0.142 e. The van der Waals surface area contributed by atoms with Gasteiger partial charge in [0.1, 0.15) is 5.82 Å². The van der Waals surface area contributed by atoms with Crippen LogP contribution in [0.5, 0.6) is 0 Å². The Kier molecular flexibility index (Phi) is 3.27. The lowest BCUT2D eigenvalue weighted by Gasteiger charge is -2.11. The fraction of sp³-hybridized carbons (Fsp3) is 0.500. The molecule has 0 amide bonds. The van der Waals surface area contributed by atoms with E-state index in [9.17, 15) is 4.39 Å². The van der Waals surface area contributed by atoms with Crippen molar-refractivity contribution < 1.29 is 4.39 Å². The number of benzene rings is 1. The SMILES string of the molecule is CC1CCC(Cc2ccc(Cl)c(F)c2)N1. The van der Waals surface area contributed by atoms with E-state index in [1.807, 2.05) is 6.07 Å².